The van der Waals surface area contributed by atoms with Crippen LogP contribution in [0.5, 0.6) is 0 Å². The van der Waals surface area contributed by atoms with Crippen LogP contribution in [0.3, 0.4) is 0 Å². The van der Waals surface area contributed by atoms with Crippen molar-refractivity contribution < 1.29 is 4.79 Å². The Hall–Kier alpha value is -1.51. The van der Waals surface area contributed by atoms with Gasteiger partial charge in [-0.25, -0.2) is 0 Å². The lowest BCUT2D eigenvalue weighted by atomic mass is 10.0. The molecule has 3 heteroatoms. The second-order valence-corrected chi connectivity index (χ2v) is 6.81. The number of carbonyl (C=O) groups excluding carboxylic acids is 1. The van der Waals surface area contributed by atoms with Crippen LogP contribution < -0.4 is 5.73 Å². The lowest BCUT2D eigenvalue weighted by Crippen LogP contribution is -2.29. The smallest absolute Gasteiger partial charge is 0.226 e. The molecule has 0 spiro atoms. The first-order valence-corrected chi connectivity index (χ1v) is 6.77. The molecule has 1 aromatic rings. The molecule has 0 atom stereocenters. The van der Waals surface area contributed by atoms with Gasteiger partial charge in [0.15, 0.2) is 0 Å². The summed E-state index contributed by atoms with van der Waals surface area (Å²) in [6, 6.07) is 7.70. The van der Waals surface area contributed by atoms with Crippen LogP contribution in [0.2, 0.25) is 0 Å². The van der Waals surface area contributed by atoms with Gasteiger partial charge in [0, 0.05) is 25.2 Å². The third kappa shape index (κ3) is 2.22. The Balaban J connectivity index is 2.04. The van der Waals surface area contributed by atoms with Crippen molar-refractivity contribution in [3.8, 4) is 0 Å². The summed E-state index contributed by atoms with van der Waals surface area (Å²) in [5, 5.41) is 0. The molecule has 0 aliphatic heterocycles. The quantitative estimate of drug-likeness (QED) is 0.849. The Labute approximate surface area is 115 Å². The first kappa shape index (κ1) is 13.9. The van der Waals surface area contributed by atoms with Crippen molar-refractivity contribution >= 4 is 11.6 Å². The topological polar surface area (TPSA) is 46.3 Å². The minimum absolute atomic E-state index is 0.0967. The van der Waals surface area contributed by atoms with Crippen LogP contribution in [0.15, 0.2) is 24.3 Å². The van der Waals surface area contributed by atoms with Crippen molar-refractivity contribution in [3.63, 3.8) is 0 Å². The zero-order valence-electron chi connectivity index (χ0n) is 12.5. The first-order chi connectivity index (χ1) is 8.68. The molecule has 19 heavy (non-hydrogen) atoms. The zero-order valence-corrected chi connectivity index (χ0v) is 12.5. The fourth-order valence-electron chi connectivity index (χ4n) is 3.01. The van der Waals surface area contributed by atoms with Gasteiger partial charge in [-0.3, -0.25) is 4.79 Å². The molecule has 2 N–H and O–H groups in total. The number of nitrogens with two attached hydrogens (primary N) is 1. The van der Waals surface area contributed by atoms with Crippen molar-refractivity contribution in [1.29, 1.82) is 0 Å². The summed E-state index contributed by atoms with van der Waals surface area (Å²) >= 11 is 0. The van der Waals surface area contributed by atoms with Gasteiger partial charge >= 0.3 is 0 Å². The minimum atomic E-state index is 0.0967. The molecule has 0 saturated heterocycles. The molecule has 1 aromatic carbocycles. The average Bonchev–Trinajstić information content (AvgIpc) is 2.72. The van der Waals surface area contributed by atoms with E-state index in [-0.39, 0.29) is 22.7 Å². The van der Waals surface area contributed by atoms with E-state index < -0.39 is 0 Å². The number of carbonyl (C=O) groups is 1. The van der Waals surface area contributed by atoms with Crippen LogP contribution in [0.1, 0.15) is 33.3 Å². The van der Waals surface area contributed by atoms with Crippen LogP contribution in [0.4, 0.5) is 5.69 Å². The van der Waals surface area contributed by atoms with Crippen LogP contribution in [0, 0.1) is 16.7 Å². The minimum Gasteiger partial charge on any atom is -0.399 e. The number of hydrogen-bond acceptors (Lipinski definition) is 2. The van der Waals surface area contributed by atoms with Gasteiger partial charge in [0.1, 0.15) is 0 Å². The fourth-order valence-corrected chi connectivity index (χ4v) is 3.01. The lowest BCUT2D eigenvalue weighted by Gasteiger charge is -2.18. The van der Waals surface area contributed by atoms with Gasteiger partial charge in [0.25, 0.3) is 0 Å². The highest BCUT2D eigenvalue weighted by Crippen LogP contribution is 2.68. The van der Waals surface area contributed by atoms with Crippen LogP contribution in [-0.4, -0.2) is 17.9 Å². The van der Waals surface area contributed by atoms with Crippen molar-refractivity contribution in [1.82, 2.24) is 4.90 Å². The third-order valence-electron chi connectivity index (χ3n) is 5.04. The summed E-state index contributed by atoms with van der Waals surface area (Å²) in [6.07, 6.45) is 0. The van der Waals surface area contributed by atoms with Gasteiger partial charge in [-0.15, -0.1) is 0 Å². The molecular weight excluding hydrogens is 236 g/mol. The molecule has 1 aliphatic carbocycles. The summed E-state index contributed by atoms with van der Waals surface area (Å²) in [5.74, 6) is 0.366. The number of benzene rings is 1. The maximum atomic E-state index is 12.5. The summed E-state index contributed by atoms with van der Waals surface area (Å²) in [4.78, 5) is 14.3. The van der Waals surface area contributed by atoms with E-state index in [1.165, 1.54) is 0 Å². The van der Waals surface area contributed by atoms with E-state index >= 15 is 0 Å². The van der Waals surface area contributed by atoms with Gasteiger partial charge in [0.2, 0.25) is 5.91 Å². The normalized spacial score (nSPS) is 20.1. The van der Waals surface area contributed by atoms with E-state index in [1.54, 1.807) is 0 Å². The lowest BCUT2D eigenvalue weighted by molar-refractivity contribution is -0.133. The summed E-state index contributed by atoms with van der Waals surface area (Å²) in [5.41, 5.74) is 7.72. The van der Waals surface area contributed by atoms with Gasteiger partial charge in [-0.1, -0.05) is 39.8 Å². The van der Waals surface area contributed by atoms with Crippen LogP contribution >= 0.6 is 0 Å². The number of rotatable bonds is 3. The standard InChI is InChI=1S/C16H24N2O/c1-15(2)13(16(15,3)4)14(19)18(5)10-11-6-8-12(17)9-7-11/h6-9,13H,10,17H2,1-5H3. The molecule has 0 bridgehead atoms. The number of anilines is 1. The van der Waals surface area contributed by atoms with Gasteiger partial charge in [-0.2, -0.15) is 0 Å². The van der Waals surface area contributed by atoms with Crippen molar-refractivity contribution in [2.45, 2.75) is 34.2 Å². The summed E-state index contributed by atoms with van der Waals surface area (Å²) in [6.45, 7) is 9.33. The van der Waals surface area contributed by atoms with Crippen LogP contribution in [-0.2, 0) is 11.3 Å². The number of nitrogen functional groups attached to an aromatic ring is 1. The molecular formula is C16H24N2O. The third-order valence-corrected chi connectivity index (χ3v) is 5.04. The van der Waals surface area contributed by atoms with E-state index in [9.17, 15) is 4.79 Å². The largest absolute Gasteiger partial charge is 0.399 e. The van der Waals surface area contributed by atoms with E-state index in [2.05, 4.69) is 27.7 Å². The second kappa shape index (κ2) is 4.26. The Morgan fingerprint density at radius 1 is 1.16 bits per heavy atom. The Kier molecular flexibility index (Phi) is 3.12. The predicted molar refractivity (Wildman–Crippen MR) is 78.4 cm³/mol. The molecule has 3 nitrogen and oxygen atoms in total. The van der Waals surface area contributed by atoms with Crippen molar-refractivity contribution in [2.24, 2.45) is 16.7 Å². The number of amides is 1. The van der Waals surface area contributed by atoms with E-state index in [4.69, 9.17) is 5.73 Å². The Morgan fingerprint density at radius 3 is 2.05 bits per heavy atom. The summed E-state index contributed by atoms with van der Waals surface area (Å²) < 4.78 is 0. The molecule has 1 aliphatic rings. The van der Waals surface area contributed by atoms with Crippen LogP contribution in [0.25, 0.3) is 0 Å². The number of nitrogens with zero attached hydrogens (tertiary/aromatic N) is 1. The Morgan fingerprint density at radius 2 is 1.63 bits per heavy atom. The van der Waals surface area contributed by atoms with Gasteiger partial charge in [-0.05, 0) is 28.5 Å². The highest BCUT2D eigenvalue weighted by atomic mass is 16.2. The molecule has 0 unspecified atom stereocenters. The predicted octanol–water partition coefficient (Wildman–Crippen LogP) is 2.91. The molecule has 0 radical (unpaired) electrons. The average molecular weight is 260 g/mol. The number of hydrogen-bond donors (Lipinski definition) is 1. The van der Waals surface area contributed by atoms with E-state index in [0.29, 0.717) is 6.54 Å². The molecule has 0 heterocycles. The molecule has 0 aromatic heterocycles. The molecule has 1 amide bonds. The maximum Gasteiger partial charge on any atom is 0.226 e. The summed E-state index contributed by atoms with van der Waals surface area (Å²) in [7, 11) is 1.88. The molecule has 104 valence electrons. The van der Waals surface area contributed by atoms with E-state index in [1.807, 2.05) is 36.2 Å². The first-order valence-electron chi connectivity index (χ1n) is 6.77. The van der Waals surface area contributed by atoms with Gasteiger partial charge in [0.05, 0.1) is 0 Å². The molecule has 1 saturated carbocycles. The van der Waals surface area contributed by atoms with Gasteiger partial charge < -0.3 is 10.6 Å². The SMILES string of the molecule is CN(Cc1ccc(N)cc1)C(=O)C1C(C)(C)C1(C)C. The van der Waals surface area contributed by atoms with Crippen molar-refractivity contribution in [2.75, 3.05) is 12.8 Å². The molecule has 1 fully saturated rings. The maximum absolute atomic E-state index is 12.5. The van der Waals surface area contributed by atoms with Crippen molar-refractivity contribution in [3.05, 3.63) is 29.8 Å². The highest BCUT2D eigenvalue weighted by molar-refractivity contribution is 5.84. The Bertz CT molecular complexity index is 474. The zero-order chi connectivity index (χ0) is 14.4. The second-order valence-electron chi connectivity index (χ2n) is 6.81. The highest BCUT2D eigenvalue weighted by Gasteiger charge is 2.68. The fraction of sp³-hybridized carbons (Fsp3) is 0.562. The van der Waals surface area contributed by atoms with E-state index in [0.717, 1.165) is 11.3 Å². The monoisotopic (exact) mass is 260 g/mol. The molecule has 2 rings (SSSR count).